The van der Waals surface area contributed by atoms with Crippen LogP contribution in [0.5, 0.6) is 5.88 Å². The van der Waals surface area contributed by atoms with Crippen molar-refractivity contribution in [2.24, 2.45) is 5.92 Å². The maximum atomic E-state index is 5.95. The lowest BCUT2D eigenvalue weighted by atomic mass is 9.95. The van der Waals surface area contributed by atoms with Crippen LogP contribution in [0.1, 0.15) is 58.8 Å². The lowest BCUT2D eigenvalue weighted by Crippen LogP contribution is -2.19. The van der Waals surface area contributed by atoms with Gasteiger partial charge in [0.2, 0.25) is 5.88 Å². The molecule has 1 aromatic heterocycles. The average Bonchev–Trinajstić information content (AvgIpc) is 2.30. The van der Waals surface area contributed by atoms with Crippen molar-refractivity contribution in [1.29, 1.82) is 0 Å². The summed E-state index contributed by atoms with van der Waals surface area (Å²) in [5.74, 6) is 2.39. The fourth-order valence-electron chi connectivity index (χ4n) is 1.79. The Morgan fingerprint density at radius 3 is 2.42 bits per heavy atom. The third-order valence-corrected chi connectivity index (χ3v) is 3.10. The van der Waals surface area contributed by atoms with E-state index in [1.165, 1.54) is 6.42 Å². The molecular weight excluding hydrogens is 238 g/mol. The third kappa shape index (κ3) is 4.37. The van der Waals surface area contributed by atoms with Gasteiger partial charge in [-0.3, -0.25) is 0 Å². The number of hydrogen-bond acceptors (Lipinski definition) is 4. The highest BCUT2D eigenvalue weighted by Crippen LogP contribution is 2.26. The van der Waals surface area contributed by atoms with Gasteiger partial charge in [0.1, 0.15) is 11.6 Å². The Kier molecular flexibility index (Phi) is 5.15. The second-order valence-electron chi connectivity index (χ2n) is 6.32. The van der Waals surface area contributed by atoms with Crippen LogP contribution in [-0.4, -0.2) is 16.6 Å². The van der Waals surface area contributed by atoms with Crippen LogP contribution in [0.15, 0.2) is 0 Å². The summed E-state index contributed by atoms with van der Waals surface area (Å²) in [6.07, 6.45) is 2.33. The van der Waals surface area contributed by atoms with Crippen LogP contribution in [0.2, 0.25) is 0 Å². The molecule has 0 spiro atoms. The first kappa shape index (κ1) is 15.7. The van der Waals surface area contributed by atoms with Crippen molar-refractivity contribution in [2.75, 3.05) is 12.3 Å². The maximum Gasteiger partial charge on any atom is 0.221 e. The zero-order valence-corrected chi connectivity index (χ0v) is 13.1. The van der Waals surface area contributed by atoms with E-state index in [9.17, 15) is 0 Å². The Bertz CT molecular complexity index is 424. The largest absolute Gasteiger partial charge is 0.477 e. The molecule has 108 valence electrons. The predicted molar refractivity (Wildman–Crippen MR) is 79.4 cm³/mol. The highest BCUT2D eigenvalue weighted by Gasteiger charge is 2.21. The Hall–Kier alpha value is -1.32. The molecule has 4 nitrogen and oxygen atoms in total. The van der Waals surface area contributed by atoms with Gasteiger partial charge in [0.05, 0.1) is 12.2 Å². The lowest BCUT2D eigenvalue weighted by Gasteiger charge is -2.20. The zero-order valence-electron chi connectivity index (χ0n) is 13.1. The smallest absolute Gasteiger partial charge is 0.221 e. The molecule has 0 amide bonds. The van der Waals surface area contributed by atoms with Crippen LogP contribution in [0.4, 0.5) is 5.82 Å². The second kappa shape index (κ2) is 6.22. The van der Waals surface area contributed by atoms with Gasteiger partial charge < -0.3 is 10.5 Å². The number of ether oxygens (including phenoxy) is 1. The Morgan fingerprint density at radius 2 is 1.89 bits per heavy atom. The maximum absolute atomic E-state index is 5.95. The van der Waals surface area contributed by atoms with E-state index in [0.29, 0.717) is 24.2 Å². The minimum absolute atomic E-state index is 0.130. The van der Waals surface area contributed by atoms with Gasteiger partial charge in [-0.25, -0.2) is 4.98 Å². The van der Waals surface area contributed by atoms with Crippen molar-refractivity contribution in [3.05, 3.63) is 11.4 Å². The first-order chi connectivity index (χ1) is 8.75. The summed E-state index contributed by atoms with van der Waals surface area (Å²) in [6, 6.07) is 0. The van der Waals surface area contributed by atoms with Crippen molar-refractivity contribution in [2.45, 2.75) is 59.8 Å². The van der Waals surface area contributed by atoms with Crippen LogP contribution >= 0.6 is 0 Å². The van der Waals surface area contributed by atoms with E-state index in [-0.39, 0.29) is 5.41 Å². The number of anilines is 1. The van der Waals surface area contributed by atoms with Crippen LogP contribution in [0.25, 0.3) is 0 Å². The second-order valence-corrected chi connectivity index (χ2v) is 6.32. The molecule has 0 bridgehead atoms. The summed E-state index contributed by atoms with van der Waals surface area (Å²) in [6.45, 7) is 13.2. The SMILES string of the molecule is CCCC(C)COc1nc(C(C)(C)C)nc(N)c1C. The van der Waals surface area contributed by atoms with Gasteiger partial charge in [-0.1, -0.05) is 41.0 Å². The van der Waals surface area contributed by atoms with Gasteiger partial charge in [-0.15, -0.1) is 0 Å². The number of nitrogens with two attached hydrogens (primary N) is 1. The molecule has 0 saturated carbocycles. The van der Waals surface area contributed by atoms with E-state index in [4.69, 9.17) is 10.5 Å². The van der Waals surface area contributed by atoms with E-state index in [1.807, 2.05) is 6.92 Å². The van der Waals surface area contributed by atoms with Crippen molar-refractivity contribution in [3.8, 4) is 5.88 Å². The van der Waals surface area contributed by atoms with Gasteiger partial charge in [0.15, 0.2) is 0 Å². The quantitative estimate of drug-likeness (QED) is 0.885. The summed E-state index contributed by atoms with van der Waals surface area (Å²) < 4.78 is 5.84. The number of nitrogen functional groups attached to an aromatic ring is 1. The molecule has 0 aromatic carbocycles. The lowest BCUT2D eigenvalue weighted by molar-refractivity contribution is 0.239. The molecule has 4 heteroatoms. The van der Waals surface area contributed by atoms with Crippen molar-refractivity contribution >= 4 is 5.82 Å². The molecule has 1 rings (SSSR count). The highest BCUT2D eigenvalue weighted by molar-refractivity contribution is 5.45. The summed E-state index contributed by atoms with van der Waals surface area (Å²) in [4.78, 5) is 8.88. The summed E-state index contributed by atoms with van der Waals surface area (Å²) in [7, 11) is 0. The van der Waals surface area contributed by atoms with Crippen molar-refractivity contribution in [3.63, 3.8) is 0 Å². The molecule has 1 aromatic rings. The van der Waals surface area contributed by atoms with Crippen LogP contribution in [0, 0.1) is 12.8 Å². The molecule has 1 unspecified atom stereocenters. The fourth-order valence-corrected chi connectivity index (χ4v) is 1.79. The third-order valence-electron chi connectivity index (χ3n) is 3.10. The van der Waals surface area contributed by atoms with E-state index in [1.54, 1.807) is 0 Å². The Labute approximate surface area is 116 Å². The molecule has 0 aliphatic carbocycles. The first-order valence-corrected chi connectivity index (χ1v) is 7.03. The number of rotatable bonds is 5. The standard InChI is InChI=1S/C15H27N3O/c1-7-8-10(2)9-19-13-11(3)12(16)17-14(18-13)15(4,5)6/h10H,7-9H2,1-6H3,(H2,16,17,18). The zero-order chi connectivity index (χ0) is 14.6. The Balaban J connectivity index is 2.91. The van der Waals surface area contributed by atoms with Gasteiger partial charge in [0, 0.05) is 5.41 Å². The minimum atomic E-state index is -0.130. The summed E-state index contributed by atoms with van der Waals surface area (Å²) in [5, 5.41) is 0. The fraction of sp³-hybridized carbons (Fsp3) is 0.733. The van der Waals surface area contributed by atoms with Gasteiger partial charge in [-0.2, -0.15) is 4.98 Å². The van der Waals surface area contributed by atoms with E-state index in [0.717, 1.165) is 17.8 Å². The van der Waals surface area contributed by atoms with E-state index >= 15 is 0 Å². The molecule has 0 radical (unpaired) electrons. The van der Waals surface area contributed by atoms with Crippen molar-refractivity contribution < 1.29 is 4.74 Å². The molecule has 1 heterocycles. The minimum Gasteiger partial charge on any atom is -0.477 e. The molecule has 0 aliphatic rings. The van der Waals surface area contributed by atoms with Gasteiger partial charge >= 0.3 is 0 Å². The Morgan fingerprint density at radius 1 is 1.26 bits per heavy atom. The van der Waals surface area contributed by atoms with Gasteiger partial charge in [-0.05, 0) is 19.3 Å². The van der Waals surface area contributed by atoms with Crippen LogP contribution in [0.3, 0.4) is 0 Å². The molecular formula is C15H27N3O. The number of hydrogen-bond donors (Lipinski definition) is 1. The highest BCUT2D eigenvalue weighted by atomic mass is 16.5. The molecule has 2 N–H and O–H groups in total. The normalized spacial score (nSPS) is 13.4. The molecule has 0 aliphatic heterocycles. The van der Waals surface area contributed by atoms with Gasteiger partial charge in [0.25, 0.3) is 0 Å². The van der Waals surface area contributed by atoms with Crippen molar-refractivity contribution in [1.82, 2.24) is 9.97 Å². The molecule has 0 saturated heterocycles. The average molecular weight is 265 g/mol. The first-order valence-electron chi connectivity index (χ1n) is 7.03. The molecule has 1 atom stereocenters. The molecule has 0 fully saturated rings. The predicted octanol–water partition coefficient (Wildman–Crippen LogP) is 3.48. The van der Waals surface area contributed by atoms with Crippen LogP contribution < -0.4 is 10.5 Å². The monoisotopic (exact) mass is 265 g/mol. The topological polar surface area (TPSA) is 61.0 Å². The molecule has 19 heavy (non-hydrogen) atoms. The van der Waals surface area contributed by atoms with E-state index < -0.39 is 0 Å². The summed E-state index contributed by atoms with van der Waals surface area (Å²) in [5.41, 5.74) is 6.65. The van der Waals surface area contributed by atoms with E-state index in [2.05, 4.69) is 44.6 Å². The van der Waals surface area contributed by atoms with Crippen LogP contribution in [-0.2, 0) is 5.41 Å². The number of nitrogens with zero attached hydrogens (tertiary/aromatic N) is 2. The number of aromatic nitrogens is 2. The summed E-state index contributed by atoms with van der Waals surface area (Å²) >= 11 is 0.